The summed E-state index contributed by atoms with van der Waals surface area (Å²) in [5.74, 6) is 1.18. The van der Waals surface area contributed by atoms with Crippen LogP contribution in [0.1, 0.15) is 58.2 Å². The van der Waals surface area contributed by atoms with Crippen molar-refractivity contribution in [2.24, 2.45) is 13.0 Å². The van der Waals surface area contributed by atoms with Crippen LogP contribution >= 0.6 is 0 Å². The van der Waals surface area contributed by atoms with Crippen LogP contribution in [0.2, 0.25) is 0 Å². The fourth-order valence-corrected chi connectivity index (χ4v) is 6.07. The smallest absolute Gasteiger partial charge is 0.379 e. The number of amides is 1. The van der Waals surface area contributed by atoms with E-state index in [1.165, 1.54) is 11.0 Å². The summed E-state index contributed by atoms with van der Waals surface area (Å²) in [6.07, 6.45) is 1.41. The van der Waals surface area contributed by atoms with Crippen molar-refractivity contribution in [3.05, 3.63) is 70.4 Å². The van der Waals surface area contributed by atoms with Gasteiger partial charge in [0, 0.05) is 43.7 Å². The third-order valence-electron chi connectivity index (χ3n) is 8.25. The standard InChI is InChI=1S/C28H31F3N6O2/c1-18-4-3-7-36(12-18)13-19-8-21-22(23(9-19)28(29,30)31)14-37(26(21)38)24-10-20(5-6-32-24)27(15-39-16-27)11-25-34-33-17-35(25)2/h5-6,8-10,17-18H,3-4,7,11-16H2,1-2H3/t18-/m0/s1. The van der Waals surface area contributed by atoms with Crippen molar-refractivity contribution in [3.63, 3.8) is 0 Å². The number of aromatic nitrogens is 4. The molecule has 2 fully saturated rings. The maximum absolute atomic E-state index is 14.2. The fourth-order valence-electron chi connectivity index (χ4n) is 6.07. The van der Waals surface area contributed by atoms with Crippen LogP contribution in [0.25, 0.3) is 0 Å². The van der Waals surface area contributed by atoms with E-state index in [1.807, 2.05) is 17.7 Å². The third-order valence-corrected chi connectivity index (χ3v) is 8.25. The first kappa shape index (κ1) is 25.9. The molecule has 11 heteroatoms. The van der Waals surface area contributed by atoms with Gasteiger partial charge in [-0.3, -0.25) is 14.6 Å². The van der Waals surface area contributed by atoms with Gasteiger partial charge in [0.05, 0.1) is 25.3 Å². The van der Waals surface area contributed by atoms with E-state index in [0.717, 1.165) is 37.3 Å². The Balaban J connectivity index is 1.31. The van der Waals surface area contributed by atoms with Gasteiger partial charge in [-0.2, -0.15) is 13.2 Å². The number of anilines is 1. The Morgan fingerprint density at radius 3 is 2.69 bits per heavy atom. The molecule has 0 spiro atoms. The fraction of sp³-hybridized carbons (Fsp3) is 0.500. The molecule has 3 aliphatic rings. The average Bonchev–Trinajstić information content (AvgIpc) is 3.43. The minimum atomic E-state index is -4.57. The maximum Gasteiger partial charge on any atom is 0.416 e. The van der Waals surface area contributed by atoms with Gasteiger partial charge < -0.3 is 9.30 Å². The average molecular weight is 541 g/mol. The highest BCUT2D eigenvalue weighted by Crippen LogP contribution is 2.41. The van der Waals surface area contributed by atoms with Crippen molar-refractivity contribution >= 4 is 11.7 Å². The molecule has 5 heterocycles. The first-order chi connectivity index (χ1) is 18.6. The number of pyridine rings is 1. The van der Waals surface area contributed by atoms with Crippen LogP contribution in [0.15, 0.2) is 36.8 Å². The van der Waals surface area contributed by atoms with E-state index in [2.05, 4.69) is 27.0 Å². The highest BCUT2D eigenvalue weighted by Gasteiger charge is 2.44. The molecule has 2 aromatic heterocycles. The lowest BCUT2D eigenvalue weighted by Gasteiger charge is -2.41. The highest BCUT2D eigenvalue weighted by atomic mass is 19.4. The van der Waals surface area contributed by atoms with Gasteiger partial charge in [-0.05, 0) is 66.3 Å². The molecular formula is C28H31F3N6O2. The van der Waals surface area contributed by atoms with Gasteiger partial charge in [0.1, 0.15) is 18.0 Å². The zero-order valence-electron chi connectivity index (χ0n) is 22.0. The molecular weight excluding hydrogens is 509 g/mol. The molecule has 3 aliphatic heterocycles. The number of carbonyl (C=O) groups excluding carboxylic acids is 1. The number of benzene rings is 1. The lowest BCUT2D eigenvalue weighted by Crippen LogP contribution is -2.49. The second-order valence-electron chi connectivity index (χ2n) is 11.3. The number of halogens is 3. The Labute approximate surface area is 224 Å². The molecule has 0 radical (unpaired) electrons. The summed E-state index contributed by atoms with van der Waals surface area (Å²) in [6, 6.07) is 6.53. The molecule has 1 atom stereocenters. The molecule has 1 aromatic carbocycles. The van der Waals surface area contributed by atoms with Gasteiger partial charge in [-0.15, -0.1) is 10.2 Å². The lowest BCUT2D eigenvalue weighted by atomic mass is 9.76. The molecule has 6 rings (SSSR count). The SMILES string of the molecule is C[C@H]1CCCN(Cc2cc3c(c(C(F)(F)F)c2)CN(c2cc(C4(Cc5nncn5C)COC4)ccn2)C3=O)C1. The zero-order valence-corrected chi connectivity index (χ0v) is 22.0. The van der Waals surface area contributed by atoms with Crippen molar-refractivity contribution in [1.82, 2.24) is 24.6 Å². The number of alkyl halides is 3. The number of ether oxygens (including phenoxy) is 1. The second kappa shape index (κ2) is 9.71. The molecule has 0 bridgehead atoms. The number of piperidine rings is 1. The quantitative estimate of drug-likeness (QED) is 0.468. The van der Waals surface area contributed by atoms with Crippen LogP contribution in [0, 0.1) is 5.92 Å². The molecule has 0 N–H and O–H groups in total. The first-order valence-corrected chi connectivity index (χ1v) is 13.3. The van der Waals surface area contributed by atoms with Crippen LogP contribution in [-0.4, -0.2) is 56.9 Å². The van der Waals surface area contributed by atoms with Crippen LogP contribution in [0.3, 0.4) is 0 Å². The summed E-state index contributed by atoms with van der Waals surface area (Å²) in [5, 5.41) is 8.16. The third kappa shape index (κ3) is 4.82. The zero-order chi connectivity index (χ0) is 27.4. The number of hydrogen-bond acceptors (Lipinski definition) is 6. The van der Waals surface area contributed by atoms with Gasteiger partial charge in [0.25, 0.3) is 5.91 Å². The number of carbonyl (C=O) groups is 1. The Morgan fingerprint density at radius 1 is 1.21 bits per heavy atom. The Morgan fingerprint density at radius 2 is 2.03 bits per heavy atom. The van der Waals surface area contributed by atoms with Crippen molar-refractivity contribution < 1.29 is 22.7 Å². The summed E-state index contributed by atoms with van der Waals surface area (Å²) in [5.41, 5.74) is 0.430. The monoisotopic (exact) mass is 540 g/mol. The number of hydrogen-bond donors (Lipinski definition) is 0. The van der Waals surface area contributed by atoms with E-state index < -0.39 is 17.6 Å². The van der Waals surface area contributed by atoms with E-state index in [9.17, 15) is 18.0 Å². The summed E-state index contributed by atoms with van der Waals surface area (Å²) >= 11 is 0. The van der Waals surface area contributed by atoms with Gasteiger partial charge in [0.15, 0.2) is 0 Å². The summed E-state index contributed by atoms with van der Waals surface area (Å²) in [4.78, 5) is 21.5. The molecule has 0 saturated carbocycles. The van der Waals surface area contributed by atoms with Gasteiger partial charge in [0.2, 0.25) is 0 Å². The first-order valence-electron chi connectivity index (χ1n) is 13.3. The van der Waals surface area contributed by atoms with Gasteiger partial charge in [-0.1, -0.05) is 6.92 Å². The van der Waals surface area contributed by atoms with Gasteiger partial charge in [-0.25, -0.2) is 4.98 Å². The number of aryl methyl sites for hydroxylation is 1. The maximum atomic E-state index is 14.2. The van der Waals surface area contributed by atoms with Crippen LogP contribution in [0.5, 0.6) is 0 Å². The summed E-state index contributed by atoms with van der Waals surface area (Å²) in [6.45, 7) is 5.00. The van der Waals surface area contributed by atoms with Gasteiger partial charge >= 0.3 is 6.18 Å². The van der Waals surface area contributed by atoms with Crippen LogP contribution < -0.4 is 4.90 Å². The predicted molar refractivity (Wildman–Crippen MR) is 137 cm³/mol. The van der Waals surface area contributed by atoms with E-state index in [1.54, 1.807) is 24.7 Å². The number of rotatable bonds is 6. The van der Waals surface area contributed by atoms with Crippen LogP contribution in [0.4, 0.5) is 19.0 Å². The summed E-state index contributed by atoms with van der Waals surface area (Å²) in [7, 11) is 1.87. The normalized spacial score (nSPS) is 21.2. The molecule has 2 saturated heterocycles. The second-order valence-corrected chi connectivity index (χ2v) is 11.3. The van der Waals surface area contributed by atoms with E-state index >= 15 is 0 Å². The van der Waals surface area contributed by atoms with Crippen molar-refractivity contribution in [2.45, 2.75) is 50.9 Å². The Hall–Kier alpha value is -3.31. The molecule has 0 aliphatic carbocycles. The molecule has 0 unspecified atom stereocenters. The van der Waals surface area contributed by atoms with Crippen molar-refractivity contribution in [2.75, 3.05) is 31.2 Å². The molecule has 3 aromatic rings. The minimum absolute atomic E-state index is 0.0104. The highest BCUT2D eigenvalue weighted by molar-refractivity contribution is 6.10. The van der Waals surface area contributed by atoms with E-state index in [-0.39, 0.29) is 23.1 Å². The van der Waals surface area contributed by atoms with E-state index in [4.69, 9.17) is 4.74 Å². The molecule has 8 nitrogen and oxygen atoms in total. The number of likely N-dealkylation sites (tertiary alicyclic amines) is 1. The Kier molecular flexibility index (Phi) is 6.46. The van der Waals surface area contributed by atoms with E-state index in [0.29, 0.717) is 43.5 Å². The van der Waals surface area contributed by atoms with Crippen molar-refractivity contribution in [3.8, 4) is 0 Å². The number of nitrogens with zero attached hydrogens (tertiary/aromatic N) is 6. The lowest BCUT2D eigenvalue weighted by molar-refractivity contribution is -0.138. The number of fused-ring (bicyclic) bond motifs is 1. The molecule has 39 heavy (non-hydrogen) atoms. The largest absolute Gasteiger partial charge is 0.416 e. The Bertz CT molecular complexity index is 1400. The summed E-state index contributed by atoms with van der Waals surface area (Å²) < 4.78 is 50.1. The predicted octanol–water partition coefficient (Wildman–Crippen LogP) is 4.13. The van der Waals surface area contributed by atoms with Crippen LogP contribution in [-0.2, 0) is 42.9 Å². The molecule has 1 amide bonds. The topological polar surface area (TPSA) is 76.4 Å². The van der Waals surface area contributed by atoms with Crippen molar-refractivity contribution in [1.29, 1.82) is 0 Å². The minimum Gasteiger partial charge on any atom is -0.379 e. The molecule has 206 valence electrons.